The number of carbonyl (C=O) groups excluding carboxylic acids is 2. The SMILES string of the molecule is Nc1nc(C(=NO)C(=O)N[C@@H]2C(=O)N3C(C(=O)O)=C(C(=C4CCNC4)c4cc[nH]c(=O)c4)CS[C@H]23)cs1. The van der Waals surface area contributed by atoms with Gasteiger partial charge in [0.15, 0.2) is 10.8 Å². The Morgan fingerprint density at radius 3 is 2.76 bits per heavy atom. The van der Waals surface area contributed by atoms with Crippen LogP contribution in [0.2, 0.25) is 0 Å². The maximum absolute atomic E-state index is 13.2. The molecule has 3 aliphatic rings. The lowest BCUT2D eigenvalue weighted by Crippen LogP contribution is -2.71. The number of β-lactam (4-membered cyclic amide) rings is 1. The fraction of sp³-hybridized carbons (Fsp3) is 0.273. The van der Waals surface area contributed by atoms with E-state index < -0.39 is 34.9 Å². The molecule has 2 atom stereocenters. The van der Waals surface area contributed by atoms with Crippen LogP contribution in [0.1, 0.15) is 17.7 Å². The number of allylic oxidation sites excluding steroid dienone is 1. The van der Waals surface area contributed by atoms with Crippen molar-refractivity contribution in [1.29, 1.82) is 0 Å². The number of hydrogen-bond acceptors (Lipinski definition) is 11. The van der Waals surface area contributed by atoms with Gasteiger partial charge in [-0.15, -0.1) is 23.1 Å². The number of anilines is 1. The standard InChI is InChI=1S/C22H21N7O6S2/c23-22-26-12(8-37-22)15(28-35)18(31)27-16-19(32)29-17(21(33)34)11(7-36-20(16)29)14(10-1-3-24-6-10)9-2-4-25-13(30)5-9/h2,4-5,8,16,20,24,35H,1,3,6-7H2,(H2,23,26)(H,25,30)(H,27,31)(H,33,34)/t16-,20-/m1/s1. The van der Waals surface area contributed by atoms with Gasteiger partial charge in [0.25, 0.3) is 11.8 Å². The first-order valence-corrected chi connectivity index (χ1v) is 13.0. The second kappa shape index (κ2) is 9.84. The summed E-state index contributed by atoms with van der Waals surface area (Å²) in [5.74, 6) is -2.52. The van der Waals surface area contributed by atoms with Crippen molar-refractivity contribution in [1.82, 2.24) is 25.5 Å². The average Bonchev–Trinajstić information content (AvgIpc) is 3.55. The molecule has 3 aliphatic heterocycles. The lowest BCUT2D eigenvalue weighted by atomic mass is 9.90. The van der Waals surface area contributed by atoms with Crippen LogP contribution in [-0.2, 0) is 14.4 Å². The number of aromatic nitrogens is 2. The van der Waals surface area contributed by atoms with E-state index in [0.29, 0.717) is 36.2 Å². The van der Waals surface area contributed by atoms with Crippen LogP contribution in [-0.4, -0.2) is 78.9 Å². The zero-order valence-corrected chi connectivity index (χ0v) is 20.7. The minimum Gasteiger partial charge on any atom is -0.477 e. The molecular formula is C22H21N7O6S2. The van der Waals surface area contributed by atoms with Crippen LogP contribution in [0.15, 0.2) is 50.5 Å². The number of nitrogen functional groups attached to an aromatic ring is 1. The summed E-state index contributed by atoms with van der Waals surface area (Å²) in [6.07, 6.45) is 2.17. The molecule has 15 heteroatoms. The highest BCUT2D eigenvalue weighted by atomic mass is 32.2. The van der Waals surface area contributed by atoms with Crippen molar-refractivity contribution in [3.63, 3.8) is 0 Å². The molecule has 2 amide bonds. The minimum absolute atomic E-state index is 0.0510. The average molecular weight is 544 g/mol. The monoisotopic (exact) mass is 543 g/mol. The number of aliphatic carboxylic acids is 1. The minimum atomic E-state index is -1.29. The highest BCUT2D eigenvalue weighted by Crippen LogP contribution is 2.45. The number of aromatic amines is 1. The second-order valence-corrected chi connectivity index (χ2v) is 10.4. The van der Waals surface area contributed by atoms with Gasteiger partial charge in [-0.05, 0) is 35.7 Å². The largest absolute Gasteiger partial charge is 0.477 e. The van der Waals surface area contributed by atoms with Gasteiger partial charge in [0.1, 0.15) is 22.8 Å². The number of carboxylic acids is 1. The maximum atomic E-state index is 13.2. The molecule has 0 aliphatic carbocycles. The van der Waals surface area contributed by atoms with Crippen LogP contribution in [0.4, 0.5) is 5.13 Å². The number of carbonyl (C=O) groups is 3. The van der Waals surface area contributed by atoms with Crippen LogP contribution in [0.5, 0.6) is 0 Å². The Bertz CT molecular complexity index is 1450. The number of thiazole rings is 1. The lowest BCUT2D eigenvalue weighted by molar-refractivity contribution is -0.150. The number of hydrogen-bond donors (Lipinski definition) is 6. The van der Waals surface area contributed by atoms with E-state index in [1.165, 1.54) is 29.4 Å². The van der Waals surface area contributed by atoms with Crippen molar-refractivity contribution in [2.75, 3.05) is 24.6 Å². The number of amides is 2. The van der Waals surface area contributed by atoms with Crippen LogP contribution >= 0.6 is 23.1 Å². The van der Waals surface area contributed by atoms with Gasteiger partial charge in [0, 0.05) is 35.5 Å². The van der Waals surface area contributed by atoms with Crippen LogP contribution < -0.4 is 21.9 Å². The summed E-state index contributed by atoms with van der Waals surface area (Å²) in [7, 11) is 0. The van der Waals surface area contributed by atoms with E-state index in [4.69, 9.17) is 5.73 Å². The third kappa shape index (κ3) is 4.41. The Kier molecular flexibility index (Phi) is 6.57. The van der Waals surface area contributed by atoms with E-state index in [1.54, 1.807) is 6.07 Å². The number of oxime groups is 1. The Balaban J connectivity index is 1.47. The van der Waals surface area contributed by atoms with Gasteiger partial charge in [-0.2, -0.15) is 0 Å². The molecule has 37 heavy (non-hydrogen) atoms. The molecule has 0 unspecified atom stereocenters. The molecule has 2 aromatic rings. The van der Waals surface area contributed by atoms with Gasteiger partial charge in [-0.25, -0.2) is 9.78 Å². The van der Waals surface area contributed by atoms with E-state index in [1.807, 2.05) is 0 Å². The fourth-order valence-electron chi connectivity index (χ4n) is 4.60. The van der Waals surface area contributed by atoms with Gasteiger partial charge in [0.2, 0.25) is 5.56 Å². The molecule has 0 radical (unpaired) electrons. The van der Waals surface area contributed by atoms with Crippen molar-refractivity contribution < 1.29 is 24.7 Å². The number of nitrogens with two attached hydrogens (primary N) is 1. The molecule has 2 fully saturated rings. The highest BCUT2D eigenvalue weighted by molar-refractivity contribution is 8.00. The lowest BCUT2D eigenvalue weighted by Gasteiger charge is -2.49. The summed E-state index contributed by atoms with van der Waals surface area (Å²) >= 11 is 2.35. The molecule has 0 aromatic carbocycles. The van der Waals surface area contributed by atoms with Crippen molar-refractivity contribution >= 4 is 57.3 Å². The molecule has 0 bridgehead atoms. The van der Waals surface area contributed by atoms with Crippen LogP contribution in [0, 0.1) is 0 Å². The summed E-state index contributed by atoms with van der Waals surface area (Å²) < 4.78 is 0. The third-order valence-corrected chi connectivity index (χ3v) is 8.15. The van der Waals surface area contributed by atoms with E-state index >= 15 is 0 Å². The topological polar surface area (TPSA) is 203 Å². The number of nitrogens with one attached hydrogen (secondary N) is 3. The Morgan fingerprint density at radius 2 is 2.14 bits per heavy atom. The van der Waals surface area contributed by atoms with Gasteiger partial charge in [0.05, 0.1) is 0 Å². The molecule has 2 aromatic heterocycles. The maximum Gasteiger partial charge on any atom is 0.352 e. The number of rotatable bonds is 6. The summed E-state index contributed by atoms with van der Waals surface area (Å²) in [4.78, 5) is 58.1. The third-order valence-electron chi connectivity index (χ3n) is 6.20. The highest BCUT2D eigenvalue weighted by Gasteiger charge is 2.55. The van der Waals surface area contributed by atoms with Crippen molar-refractivity contribution in [3.8, 4) is 0 Å². The predicted molar refractivity (Wildman–Crippen MR) is 136 cm³/mol. The molecule has 2 saturated heterocycles. The molecule has 0 saturated carbocycles. The molecular weight excluding hydrogens is 522 g/mol. The molecule has 5 heterocycles. The van der Waals surface area contributed by atoms with Crippen molar-refractivity contribution in [3.05, 3.63) is 62.2 Å². The number of pyridine rings is 1. The Labute approximate surface area is 217 Å². The van der Waals surface area contributed by atoms with E-state index in [9.17, 15) is 29.5 Å². The van der Waals surface area contributed by atoms with E-state index in [-0.39, 0.29) is 27.8 Å². The van der Waals surface area contributed by atoms with Crippen LogP contribution in [0.3, 0.4) is 0 Å². The molecule has 192 valence electrons. The summed E-state index contributed by atoms with van der Waals surface area (Å²) in [6.45, 7) is 1.24. The fourth-order valence-corrected chi connectivity index (χ4v) is 6.50. The number of nitrogens with zero attached hydrogens (tertiary/aromatic N) is 3. The van der Waals surface area contributed by atoms with Crippen LogP contribution in [0.25, 0.3) is 5.57 Å². The second-order valence-electron chi connectivity index (χ2n) is 8.36. The smallest absolute Gasteiger partial charge is 0.352 e. The predicted octanol–water partition coefficient (Wildman–Crippen LogP) is -0.222. The Hall–Kier alpha value is -3.95. The zero-order valence-electron chi connectivity index (χ0n) is 19.1. The number of fused-ring (bicyclic) bond motifs is 1. The number of H-pyrrole nitrogens is 1. The van der Waals surface area contributed by atoms with E-state index in [0.717, 1.165) is 21.8 Å². The first kappa shape index (κ1) is 24.7. The molecule has 5 rings (SSSR count). The van der Waals surface area contributed by atoms with Gasteiger partial charge < -0.3 is 31.7 Å². The van der Waals surface area contributed by atoms with Gasteiger partial charge >= 0.3 is 5.97 Å². The van der Waals surface area contributed by atoms with Crippen molar-refractivity contribution in [2.24, 2.45) is 5.16 Å². The summed E-state index contributed by atoms with van der Waals surface area (Å²) in [5.41, 5.74) is 7.30. The van der Waals surface area contributed by atoms with Crippen molar-refractivity contribution in [2.45, 2.75) is 17.8 Å². The number of carboxylic acid groups (broad SMARTS) is 1. The zero-order chi connectivity index (χ0) is 26.3. The van der Waals surface area contributed by atoms with E-state index in [2.05, 4.69) is 25.8 Å². The molecule has 0 spiro atoms. The first-order valence-electron chi connectivity index (χ1n) is 11.1. The summed E-state index contributed by atoms with van der Waals surface area (Å²) in [5, 5.41) is 29.2. The molecule has 7 N–H and O–H groups in total. The van der Waals surface area contributed by atoms with Gasteiger partial charge in [-0.1, -0.05) is 5.16 Å². The quantitative estimate of drug-likeness (QED) is 0.122. The summed E-state index contributed by atoms with van der Waals surface area (Å²) in [6, 6.07) is 2.07. The Morgan fingerprint density at radius 1 is 1.32 bits per heavy atom. The first-order chi connectivity index (χ1) is 17.8. The van der Waals surface area contributed by atoms with Gasteiger partial charge in [-0.3, -0.25) is 19.3 Å². The normalized spacial score (nSPS) is 23.0. The molecule has 13 nitrogen and oxygen atoms in total. The number of thioether (sulfide) groups is 1.